The number of nitrogens with two attached hydrogens (primary N) is 3. The van der Waals surface area contributed by atoms with Crippen LogP contribution in [0.3, 0.4) is 0 Å². The zero-order valence-electron chi connectivity index (χ0n) is 20.2. The van der Waals surface area contributed by atoms with Gasteiger partial charge in [0, 0.05) is 6.54 Å². The lowest BCUT2D eigenvalue weighted by Crippen LogP contribution is -2.58. The third kappa shape index (κ3) is 10.6. The number of nitrogens with one attached hydrogen (secondary N) is 4. The molecule has 0 saturated carbocycles. The van der Waals surface area contributed by atoms with Crippen molar-refractivity contribution >= 4 is 35.6 Å². The van der Waals surface area contributed by atoms with Gasteiger partial charge in [-0.05, 0) is 38.1 Å². The van der Waals surface area contributed by atoms with E-state index >= 15 is 0 Å². The van der Waals surface area contributed by atoms with Gasteiger partial charge in [-0.15, -0.1) is 0 Å². The second kappa shape index (κ2) is 14.8. The van der Waals surface area contributed by atoms with Crippen molar-refractivity contribution in [3.63, 3.8) is 0 Å². The summed E-state index contributed by atoms with van der Waals surface area (Å²) in [5.41, 5.74) is 15.7. The maximum Gasteiger partial charge on any atom is 0.326 e. The van der Waals surface area contributed by atoms with Crippen molar-refractivity contribution in [2.24, 2.45) is 28.1 Å². The Morgan fingerprint density at radius 1 is 1.06 bits per heavy atom. The number of rotatable bonds is 15. The fourth-order valence-electron chi connectivity index (χ4n) is 3.57. The number of hydrogen-bond donors (Lipinski definition) is 8. The first-order valence-electron chi connectivity index (χ1n) is 11.7. The molecule has 11 N–H and O–H groups in total. The summed E-state index contributed by atoms with van der Waals surface area (Å²) >= 11 is 0. The molecule has 0 aromatic heterocycles. The fraction of sp³-hybridized carbons (Fsp3) is 0.714. The van der Waals surface area contributed by atoms with Gasteiger partial charge in [0.25, 0.3) is 0 Å². The molecule has 5 atom stereocenters. The molecule has 0 aliphatic carbocycles. The zero-order chi connectivity index (χ0) is 26.5. The van der Waals surface area contributed by atoms with E-state index < -0.39 is 54.3 Å². The molecule has 14 heteroatoms. The summed E-state index contributed by atoms with van der Waals surface area (Å²) in [7, 11) is 0. The molecule has 1 fully saturated rings. The second-order valence-electron chi connectivity index (χ2n) is 8.60. The Hall–Kier alpha value is -3.42. The highest BCUT2D eigenvalue weighted by molar-refractivity contribution is 5.95. The van der Waals surface area contributed by atoms with Gasteiger partial charge in [-0.3, -0.25) is 24.2 Å². The first-order chi connectivity index (χ1) is 16.5. The highest BCUT2D eigenvalue weighted by Gasteiger charge is 2.33. The third-order valence-corrected chi connectivity index (χ3v) is 5.77. The Kier molecular flexibility index (Phi) is 12.5. The SMILES string of the molecule is CCC(C)C(NC(=O)C(CCCN=C(N)N)NC(=O)C1CCCN1)C(=O)NC(CC(N)=O)C(=O)O. The molecule has 0 aromatic carbocycles. The van der Waals surface area contributed by atoms with Gasteiger partial charge in [-0.2, -0.15) is 0 Å². The first-order valence-corrected chi connectivity index (χ1v) is 11.7. The van der Waals surface area contributed by atoms with Crippen LogP contribution in [0, 0.1) is 5.92 Å². The molecule has 0 bridgehead atoms. The van der Waals surface area contributed by atoms with Gasteiger partial charge >= 0.3 is 5.97 Å². The quantitative estimate of drug-likeness (QED) is 0.0661. The highest BCUT2D eigenvalue weighted by Crippen LogP contribution is 2.11. The number of carboxylic acids is 1. The van der Waals surface area contributed by atoms with Gasteiger partial charge in [0.15, 0.2) is 5.96 Å². The number of hydrogen-bond acceptors (Lipinski definition) is 7. The van der Waals surface area contributed by atoms with Crippen LogP contribution in [0.2, 0.25) is 0 Å². The summed E-state index contributed by atoms with van der Waals surface area (Å²) in [5.74, 6) is -4.51. The van der Waals surface area contributed by atoms with Crippen molar-refractivity contribution < 1.29 is 29.1 Å². The van der Waals surface area contributed by atoms with Gasteiger partial charge in [0.05, 0.1) is 12.5 Å². The first kappa shape index (κ1) is 29.6. The van der Waals surface area contributed by atoms with E-state index in [1.807, 2.05) is 0 Å². The van der Waals surface area contributed by atoms with Crippen LogP contribution in [-0.2, 0) is 24.0 Å². The maximum atomic E-state index is 13.2. The average Bonchev–Trinajstić information content (AvgIpc) is 3.32. The van der Waals surface area contributed by atoms with Crippen LogP contribution < -0.4 is 38.5 Å². The Balaban J connectivity index is 2.98. The smallest absolute Gasteiger partial charge is 0.326 e. The van der Waals surface area contributed by atoms with Crippen LogP contribution in [0.1, 0.15) is 52.4 Å². The van der Waals surface area contributed by atoms with E-state index in [2.05, 4.69) is 26.3 Å². The Morgan fingerprint density at radius 2 is 1.74 bits per heavy atom. The summed E-state index contributed by atoms with van der Waals surface area (Å²) < 4.78 is 0. The molecule has 4 amide bonds. The predicted octanol–water partition coefficient (Wildman–Crippen LogP) is -2.75. The molecule has 1 aliphatic heterocycles. The van der Waals surface area contributed by atoms with Gasteiger partial charge in [-0.25, -0.2) is 4.79 Å². The normalized spacial score (nSPS) is 18.4. The van der Waals surface area contributed by atoms with Gasteiger partial charge in [0.1, 0.15) is 18.1 Å². The molecule has 1 heterocycles. The summed E-state index contributed by atoms with van der Waals surface area (Å²) in [6.45, 7) is 4.46. The second-order valence-corrected chi connectivity index (χ2v) is 8.60. The fourth-order valence-corrected chi connectivity index (χ4v) is 3.57. The monoisotopic (exact) mass is 498 g/mol. The van der Waals surface area contributed by atoms with Crippen molar-refractivity contribution in [1.29, 1.82) is 0 Å². The Bertz CT molecular complexity index is 795. The van der Waals surface area contributed by atoms with Crippen LogP contribution in [-0.4, -0.2) is 77.9 Å². The molecule has 0 aromatic rings. The van der Waals surface area contributed by atoms with E-state index in [0.29, 0.717) is 25.8 Å². The molecule has 1 saturated heterocycles. The predicted molar refractivity (Wildman–Crippen MR) is 128 cm³/mol. The van der Waals surface area contributed by atoms with Crippen molar-refractivity contribution in [1.82, 2.24) is 21.3 Å². The minimum absolute atomic E-state index is 0.0948. The molecule has 35 heavy (non-hydrogen) atoms. The molecular weight excluding hydrogens is 460 g/mol. The van der Waals surface area contributed by atoms with Crippen LogP contribution in [0.5, 0.6) is 0 Å². The van der Waals surface area contributed by atoms with Crippen LogP contribution >= 0.6 is 0 Å². The topological polar surface area (TPSA) is 244 Å². The zero-order valence-corrected chi connectivity index (χ0v) is 20.2. The number of primary amides is 1. The number of carbonyl (C=O) groups excluding carboxylic acids is 4. The van der Waals surface area contributed by atoms with E-state index in [-0.39, 0.29) is 30.8 Å². The number of aliphatic imine (C=N–C) groups is 1. The van der Waals surface area contributed by atoms with Gasteiger partial charge in [-0.1, -0.05) is 20.3 Å². The van der Waals surface area contributed by atoms with Crippen molar-refractivity contribution in [3.05, 3.63) is 0 Å². The Morgan fingerprint density at radius 3 is 2.26 bits per heavy atom. The number of aliphatic carboxylic acids is 1. The van der Waals surface area contributed by atoms with Crippen LogP contribution in [0.4, 0.5) is 0 Å². The van der Waals surface area contributed by atoms with Crippen molar-refractivity contribution in [2.75, 3.05) is 13.1 Å². The van der Waals surface area contributed by atoms with Gasteiger partial charge < -0.3 is 43.6 Å². The van der Waals surface area contributed by atoms with Crippen LogP contribution in [0.25, 0.3) is 0 Å². The van der Waals surface area contributed by atoms with Crippen molar-refractivity contribution in [2.45, 2.75) is 76.5 Å². The van der Waals surface area contributed by atoms with E-state index in [9.17, 15) is 29.1 Å². The number of amides is 4. The highest BCUT2D eigenvalue weighted by atomic mass is 16.4. The molecule has 0 radical (unpaired) electrons. The van der Waals surface area contributed by atoms with Crippen LogP contribution in [0.15, 0.2) is 4.99 Å². The summed E-state index contributed by atoms with van der Waals surface area (Å²) in [6, 6.07) is -4.03. The van der Waals surface area contributed by atoms with E-state index in [0.717, 1.165) is 6.42 Å². The molecule has 14 nitrogen and oxygen atoms in total. The lowest BCUT2D eigenvalue weighted by Gasteiger charge is -2.28. The number of carboxylic acid groups (broad SMARTS) is 1. The summed E-state index contributed by atoms with van der Waals surface area (Å²) in [5, 5.41) is 20.0. The lowest BCUT2D eigenvalue weighted by atomic mass is 9.97. The molecular formula is C21H38N8O6. The Labute approximate surface area is 204 Å². The molecule has 5 unspecified atom stereocenters. The minimum atomic E-state index is -1.54. The van der Waals surface area contributed by atoms with Crippen molar-refractivity contribution in [3.8, 4) is 0 Å². The molecule has 1 aliphatic rings. The largest absolute Gasteiger partial charge is 0.480 e. The number of carbonyl (C=O) groups is 5. The molecule has 0 spiro atoms. The van der Waals surface area contributed by atoms with Gasteiger partial charge in [0.2, 0.25) is 23.6 Å². The number of guanidine groups is 1. The third-order valence-electron chi connectivity index (χ3n) is 5.77. The minimum Gasteiger partial charge on any atom is -0.480 e. The summed E-state index contributed by atoms with van der Waals surface area (Å²) in [4.78, 5) is 65.1. The van der Waals surface area contributed by atoms with E-state index in [1.54, 1.807) is 13.8 Å². The van der Waals surface area contributed by atoms with E-state index in [1.165, 1.54) is 0 Å². The molecule has 198 valence electrons. The average molecular weight is 499 g/mol. The number of nitrogens with zero attached hydrogens (tertiary/aromatic N) is 1. The van der Waals surface area contributed by atoms with E-state index in [4.69, 9.17) is 17.2 Å². The maximum absolute atomic E-state index is 13.2. The summed E-state index contributed by atoms with van der Waals surface area (Å²) in [6.07, 6.45) is 1.96. The molecule has 1 rings (SSSR count). The lowest BCUT2D eigenvalue weighted by molar-refractivity contribution is -0.144. The standard InChI is InChI=1S/C21H38N8O6/c1-3-11(2)16(19(33)28-14(20(34)35)10-15(22)30)29-18(32)13(7-5-9-26-21(23)24)27-17(31)12-6-4-8-25-12/h11-14,16,25H,3-10H2,1-2H3,(H2,22,30)(H,27,31)(H,28,33)(H,29,32)(H,34,35)(H4,23,24,26).